The van der Waals surface area contributed by atoms with E-state index in [1.54, 1.807) is 17.4 Å². The minimum Gasteiger partial charge on any atom is -0.504 e. The molecule has 2 aromatic carbocycles. The van der Waals surface area contributed by atoms with Gasteiger partial charge in [0.1, 0.15) is 0 Å². The van der Waals surface area contributed by atoms with Crippen molar-refractivity contribution in [3.8, 4) is 17.2 Å². The van der Waals surface area contributed by atoms with Crippen molar-refractivity contribution >= 4 is 27.2 Å². The number of Topliss-reactive ketones (excluding diaryl/α,β-unsaturated/α-hetero) is 1. The first-order valence-corrected chi connectivity index (χ1v) is 8.32. The zero-order valence-electron chi connectivity index (χ0n) is 12.9. The second-order valence-electron chi connectivity index (χ2n) is 5.66. The Bertz CT molecular complexity index is 1010. The van der Waals surface area contributed by atoms with Crippen molar-refractivity contribution in [2.24, 2.45) is 0 Å². The Balaban J connectivity index is 1.66. The summed E-state index contributed by atoms with van der Waals surface area (Å²) in [6.45, 7) is 2.07. The Morgan fingerprint density at radius 2 is 1.96 bits per heavy atom. The number of hydrogen-bond acceptors (Lipinski definition) is 5. The molecule has 0 unspecified atom stereocenters. The number of ether oxygens (including phenoxy) is 1. The molecule has 0 radical (unpaired) electrons. The van der Waals surface area contributed by atoms with E-state index in [0.29, 0.717) is 6.42 Å². The van der Waals surface area contributed by atoms with E-state index in [-0.39, 0.29) is 28.6 Å². The molecule has 0 bridgehead atoms. The summed E-state index contributed by atoms with van der Waals surface area (Å²) >= 11 is 1.70. The van der Waals surface area contributed by atoms with Gasteiger partial charge >= 0.3 is 0 Å². The number of allylic oxidation sites excluding steroid dienone is 2. The maximum Gasteiger partial charge on any atom is 0.231 e. The SMILES string of the molecule is Cc1c(CC=C2Oc3c(ccc(O)c3O)C2=O)sc2ccccc12. The van der Waals surface area contributed by atoms with Crippen LogP contribution in [-0.4, -0.2) is 16.0 Å². The first-order valence-electron chi connectivity index (χ1n) is 7.51. The van der Waals surface area contributed by atoms with E-state index in [0.717, 1.165) is 0 Å². The molecule has 0 spiro atoms. The number of aryl methyl sites for hydroxylation is 1. The van der Waals surface area contributed by atoms with Crippen molar-refractivity contribution in [3.63, 3.8) is 0 Å². The normalized spacial score (nSPS) is 15.0. The van der Waals surface area contributed by atoms with Gasteiger partial charge in [-0.3, -0.25) is 4.79 Å². The second-order valence-corrected chi connectivity index (χ2v) is 6.80. The van der Waals surface area contributed by atoms with Crippen LogP contribution in [0.15, 0.2) is 48.2 Å². The van der Waals surface area contributed by atoms with Crippen LogP contribution in [0.3, 0.4) is 0 Å². The maximum atomic E-state index is 12.4. The van der Waals surface area contributed by atoms with Gasteiger partial charge in [0.2, 0.25) is 11.5 Å². The van der Waals surface area contributed by atoms with Crippen molar-refractivity contribution in [3.05, 3.63) is 64.2 Å². The fraction of sp³-hybridized carbons (Fsp3) is 0.105. The fourth-order valence-electron chi connectivity index (χ4n) is 2.87. The third-order valence-electron chi connectivity index (χ3n) is 4.21. The highest BCUT2D eigenvalue weighted by Crippen LogP contribution is 2.44. The third kappa shape index (κ3) is 2.17. The predicted molar refractivity (Wildman–Crippen MR) is 93.1 cm³/mol. The molecule has 24 heavy (non-hydrogen) atoms. The molecule has 1 aromatic heterocycles. The summed E-state index contributed by atoms with van der Waals surface area (Å²) in [6.07, 6.45) is 2.31. The summed E-state index contributed by atoms with van der Waals surface area (Å²) in [4.78, 5) is 13.5. The van der Waals surface area contributed by atoms with E-state index < -0.39 is 5.75 Å². The molecule has 0 saturated carbocycles. The van der Waals surface area contributed by atoms with Gasteiger partial charge in [0.25, 0.3) is 0 Å². The molecular formula is C19H14O4S. The summed E-state index contributed by atoms with van der Waals surface area (Å²) in [5, 5.41) is 20.6. The highest BCUT2D eigenvalue weighted by Gasteiger charge is 2.31. The zero-order chi connectivity index (χ0) is 16.8. The van der Waals surface area contributed by atoms with Crippen LogP contribution in [0, 0.1) is 6.92 Å². The molecule has 0 amide bonds. The van der Waals surface area contributed by atoms with Crippen LogP contribution in [0.1, 0.15) is 20.8 Å². The van der Waals surface area contributed by atoms with Crippen LogP contribution >= 0.6 is 11.3 Å². The van der Waals surface area contributed by atoms with E-state index in [4.69, 9.17) is 4.74 Å². The largest absolute Gasteiger partial charge is 0.504 e. The number of carbonyl (C=O) groups excluding carboxylic acids is 1. The van der Waals surface area contributed by atoms with Crippen LogP contribution in [0.5, 0.6) is 17.2 Å². The monoisotopic (exact) mass is 338 g/mol. The van der Waals surface area contributed by atoms with E-state index in [1.165, 1.54) is 32.7 Å². The lowest BCUT2D eigenvalue weighted by molar-refractivity contribution is 0.101. The molecule has 2 heterocycles. The van der Waals surface area contributed by atoms with Gasteiger partial charge in [-0.25, -0.2) is 0 Å². The number of ketones is 1. The number of phenolic OH excluding ortho intramolecular Hbond substituents is 2. The lowest BCUT2D eigenvalue weighted by Crippen LogP contribution is -1.99. The maximum absolute atomic E-state index is 12.4. The Hall–Kier alpha value is -2.79. The van der Waals surface area contributed by atoms with Crippen molar-refractivity contribution in [2.45, 2.75) is 13.3 Å². The lowest BCUT2D eigenvalue weighted by Gasteiger charge is -2.02. The summed E-state index contributed by atoms with van der Waals surface area (Å²) in [6, 6.07) is 10.9. The van der Waals surface area contributed by atoms with E-state index in [9.17, 15) is 15.0 Å². The molecule has 1 aliphatic heterocycles. The number of benzene rings is 2. The van der Waals surface area contributed by atoms with Crippen molar-refractivity contribution < 1.29 is 19.7 Å². The smallest absolute Gasteiger partial charge is 0.231 e. The standard InChI is InChI=1S/C19H14O4S/c1-10-11-4-2-3-5-16(11)24-15(10)9-8-14-17(21)12-6-7-13(20)18(22)19(12)23-14/h2-8,20,22H,9H2,1H3. The first kappa shape index (κ1) is 14.8. The van der Waals surface area contributed by atoms with Crippen LogP contribution in [0.2, 0.25) is 0 Å². The van der Waals surface area contributed by atoms with Crippen LogP contribution in [0.4, 0.5) is 0 Å². The highest BCUT2D eigenvalue weighted by molar-refractivity contribution is 7.19. The van der Waals surface area contributed by atoms with Gasteiger partial charge < -0.3 is 14.9 Å². The lowest BCUT2D eigenvalue weighted by atomic mass is 10.1. The van der Waals surface area contributed by atoms with Crippen molar-refractivity contribution in [1.29, 1.82) is 0 Å². The predicted octanol–water partition coefficient (Wildman–Crippen LogP) is 4.32. The molecular weight excluding hydrogens is 324 g/mol. The van der Waals surface area contributed by atoms with E-state index in [1.807, 2.05) is 12.1 Å². The topological polar surface area (TPSA) is 66.8 Å². The molecule has 0 fully saturated rings. The molecule has 0 saturated heterocycles. The first-order chi connectivity index (χ1) is 11.6. The molecule has 0 aliphatic carbocycles. The molecule has 3 aromatic rings. The highest BCUT2D eigenvalue weighted by atomic mass is 32.1. The van der Waals surface area contributed by atoms with Gasteiger partial charge in [0.05, 0.1) is 5.56 Å². The zero-order valence-corrected chi connectivity index (χ0v) is 13.7. The average molecular weight is 338 g/mol. The van der Waals surface area contributed by atoms with Gasteiger partial charge in [-0.15, -0.1) is 11.3 Å². The average Bonchev–Trinajstić information content (AvgIpc) is 3.08. The Morgan fingerprint density at radius 3 is 2.75 bits per heavy atom. The molecule has 4 nitrogen and oxygen atoms in total. The van der Waals surface area contributed by atoms with Crippen LogP contribution in [0.25, 0.3) is 10.1 Å². The molecule has 5 heteroatoms. The second kappa shape index (κ2) is 5.39. The van der Waals surface area contributed by atoms with Gasteiger partial charge in [-0.05, 0) is 42.1 Å². The number of thiophene rings is 1. The van der Waals surface area contributed by atoms with E-state index in [2.05, 4.69) is 19.1 Å². The number of hydrogen-bond donors (Lipinski definition) is 2. The molecule has 1 aliphatic rings. The molecule has 2 N–H and O–H groups in total. The van der Waals surface area contributed by atoms with Gasteiger partial charge in [-0.1, -0.05) is 18.2 Å². The minimum absolute atomic E-state index is 0.0271. The summed E-state index contributed by atoms with van der Waals surface area (Å²) in [5.74, 6) is -0.772. The molecule has 120 valence electrons. The van der Waals surface area contributed by atoms with Gasteiger partial charge in [-0.2, -0.15) is 0 Å². The quantitative estimate of drug-likeness (QED) is 0.539. The van der Waals surface area contributed by atoms with Crippen LogP contribution in [-0.2, 0) is 6.42 Å². The number of phenols is 2. The molecule has 4 rings (SSSR count). The van der Waals surface area contributed by atoms with Gasteiger partial charge in [0, 0.05) is 16.0 Å². The molecule has 0 atom stereocenters. The number of aromatic hydroxyl groups is 2. The summed E-state index contributed by atoms with van der Waals surface area (Å²) in [5.41, 5.74) is 1.47. The summed E-state index contributed by atoms with van der Waals surface area (Å²) < 4.78 is 6.69. The van der Waals surface area contributed by atoms with Crippen molar-refractivity contribution in [1.82, 2.24) is 0 Å². The third-order valence-corrected chi connectivity index (χ3v) is 5.50. The Morgan fingerprint density at radius 1 is 1.17 bits per heavy atom. The number of rotatable bonds is 2. The summed E-state index contributed by atoms with van der Waals surface area (Å²) in [7, 11) is 0. The van der Waals surface area contributed by atoms with Crippen LogP contribution < -0.4 is 4.74 Å². The van der Waals surface area contributed by atoms with Gasteiger partial charge in [0.15, 0.2) is 17.3 Å². The minimum atomic E-state index is -0.401. The fourth-order valence-corrected chi connectivity index (χ4v) is 4.04. The van der Waals surface area contributed by atoms with E-state index >= 15 is 0 Å². The number of carbonyl (C=O) groups is 1. The van der Waals surface area contributed by atoms with Crippen molar-refractivity contribution in [2.75, 3.05) is 0 Å². The Labute approximate surface area is 142 Å². The Kier molecular flexibility index (Phi) is 3.32. The number of fused-ring (bicyclic) bond motifs is 2.